The molecule has 0 atom stereocenters. The van der Waals surface area contributed by atoms with Crippen LogP contribution in [-0.4, -0.2) is 43.4 Å². The molecular formula is C10H20N2O4S. The Balaban J connectivity index is 2.44. The number of carbonyl (C=O) groups is 1. The van der Waals surface area contributed by atoms with Crippen molar-refractivity contribution in [1.29, 1.82) is 0 Å². The third-order valence-electron chi connectivity index (χ3n) is 2.96. The minimum absolute atomic E-state index is 0.290. The van der Waals surface area contributed by atoms with Crippen molar-refractivity contribution < 1.29 is 18.3 Å². The first kappa shape index (κ1) is 14.4. The first-order valence-corrected chi connectivity index (χ1v) is 7.39. The van der Waals surface area contributed by atoms with E-state index in [1.165, 1.54) is 4.31 Å². The van der Waals surface area contributed by atoms with Crippen LogP contribution in [0.15, 0.2) is 0 Å². The summed E-state index contributed by atoms with van der Waals surface area (Å²) in [5, 5.41) is 8.82. The highest BCUT2D eigenvalue weighted by Crippen LogP contribution is 2.18. The van der Waals surface area contributed by atoms with Crippen LogP contribution in [0.3, 0.4) is 0 Å². The lowest BCUT2D eigenvalue weighted by Gasteiger charge is -2.29. The summed E-state index contributed by atoms with van der Waals surface area (Å²) in [6.45, 7) is 3.02. The second-order valence-corrected chi connectivity index (χ2v) is 6.02. The van der Waals surface area contributed by atoms with Gasteiger partial charge in [0.1, 0.15) is 0 Å². The number of hydrogen-bond acceptors (Lipinski definition) is 3. The zero-order valence-electron chi connectivity index (χ0n) is 10.1. The lowest BCUT2D eigenvalue weighted by atomic mass is 9.99. The third kappa shape index (κ3) is 4.25. The van der Waals surface area contributed by atoms with E-state index in [1.807, 2.05) is 6.92 Å². The molecule has 0 unspecified atom stereocenters. The maximum absolute atomic E-state index is 11.8. The van der Waals surface area contributed by atoms with E-state index >= 15 is 0 Å². The standard InChI is InChI=1S/C10H20N2O4S/c1-2-3-6-11-17(15,16)12-7-4-9(5-8-12)10(13)14/h9,11H,2-8H2,1H3,(H,13,14). The minimum atomic E-state index is -3.41. The number of unbranched alkanes of at least 4 members (excludes halogenated alkanes) is 1. The van der Waals surface area contributed by atoms with E-state index in [1.54, 1.807) is 0 Å². The predicted molar refractivity (Wildman–Crippen MR) is 63.8 cm³/mol. The average molecular weight is 264 g/mol. The summed E-state index contributed by atoms with van der Waals surface area (Å²) in [4.78, 5) is 10.7. The second kappa shape index (κ2) is 6.32. The van der Waals surface area contributed by atoms with Gasteiger partial charge in [-0.05, 0) is 19.3 Å². The molecule has 7 heteroatoms. The molecule has 0 aromatic carbocycles. The van der Waals surface area contributed by atoms with Crippen LogP contribution in [0.1, 0.15) is 32.6 Å². The lowest BCUT2D eigenvalue weighted by Crippen LogP contribution is -2.46. The zero-order valence-corrected chi connectivity index (χ0v) is 10.9. The second-order valence-electron chi connectivity index (χ2n) is 4.26. The molecule has 100 valence electrons. The van der Waals surface area contributed by atoms with Crippen molar-refractivity contribution in [1.82, 2.24) is 9.03 Å². The molecule has 0 radical (unpaired) electrons. The van der Waals surface area contributed by atoms with Gasteiger partial charge in [-0.2, -0.15) is 12.7 Å². The van der Waals surface area contributed by atoms with E-state index in [9.17, 15) is 13.2 Å². The molecule has 1 fully saturated rings. The quantitative estimate of drug-likeness (QED) is 0.681. The van der Waals surface area contributed by atoms with E-state index in [2.05, 4.69) is 4.72 Å². The maximum Gasteiger partial charge on any atom is 0.306 e. The van der Waals surface area contributed by atoms with Crippen LogP contribution >= 0.6 is 0 Å². The van der Waals surface area contributed by atoms with Crippen LogP contribution in [0.4, 0.5) is 0 Å². The van der Waals surface area contributed by atoms with Gasteiger partial charge < -0.3 is 5.11 Å². The van der Waals surface area contributed by atoms with Gasteiger partial charge in [0, 0.05) is 19.6 Å². The molecule has 0 bridgehead atoms. The summed E-state index contributed by atoms with van der Waals surface area (Å²) in [6, 6.07) is 0. The van der Waals surface area contributed by atoms with Crippen molar-refractivity contribution >= 4 is 16.2 Å². The molecule has 0 saturated carbocycles. The highest BCUT2D eigenvalue weighted by Gasteiger charge is 2.30. The third-order valence-corrected chi connectivity index (χ3v) is 4.57. The van der Waals surface area contributed by atoms with Crippen molar-refractivity contribution in [3.63, 3.8) is 0 Å². The topological polar surface area (TPSA) is 86.7 Å². The van der Waals surface area contributed by atoms with Crippen LogP contribution in [0.5, 0.6) is 0 Å². The van der Waals surface area contributed by atoms with Crippen LogP contribution in [0.25, 0.3) is 0 Å². The molecule has 2 N–H and O–H groups in total. The predicted octanol–water partition coefficient (Wildman–Crippen LogP) is 0.418. The van der Waals surface area contributed by atoms with Crippen molar-refractivity contribution in [3.05, 3.63) is 0 Å². The summed E-state index contributed by atoms with van der Waals surface area (Å²) in [6.07, 6.45) is 2.53. The van der Waals surface area contributed by atoms with Crippen molar-refractivity contribution in [2.45, 2.75) is 32.6 Å². The van der Waals surface area contributed by atoms with Crippen molar-refractivity contribution in [2.24, 2.45) is 5.92 Å². The Kier molecular flexibility index (Phi) is 5.35. The number of nitrogens with one attached hydrogen (secondary N) is 1. The molecule has 0 amide bonds. The zero-order chi connectivity index (χ0) is 12.9. The van der Waals surface area contributed by atoms with Crippen molar-refractivity contribution in [2.75, 3.05) is 19.6 Å². The smallest absolute Gasteiger partial charge is 0.306 e. The molecule has 0 aromatic rings. The molecule has 1 aliphatic heterocycles. The van der Waals surface area contributed by atoms with Crippen LogP contribution in [-0.2, 0) is 15.0 Å². The number of carboxylic acids is 1. The number of hydrogen-bond donors (Lipinski definition) is 2. The van der Waals surface area contributed by atoms with Gasteiger partial charge in [0.15, 0.2) is 0 Å². The molecule has 0 spiro atoms. The summed E-state index contributed by atoms with van der Waals surface area (Å²) in [7, 11) is -3.41. The van der Waals surface area contributed by atoms with Crippen LogP contribution in [0.2, 0.25) is 0 Å². The fourth-order valence-electron chi connectivity index (χ4n) is 1.81. The fourth-order valence-corrected chi connectivity index (χ4v) is 3.09. The molecule has 1 rings (SSSR count). The Labute approximate surface area is 102 Å². The highest BCUT2D eigenvalue weighted by molar-refractivity contribution is 7.87. The summed E-state index contributed by atoms with van der Waals surface area (Å²) >= 11 is 0. The van der Waals surface area contributed by atoms with E-state index in [0.29, 0.717) is 32.5 Å². The van der Waals surface area contributed by atoms with Gasteiger partial charge in [-0.15, -0.1) is 0 Å². The molecule has 1 aliphatic rings. The largest absolute Gasteiger partial charge is 0.481 e. The summed E-state index contributed by atoms with van der Waals surface area (Å²) in [5.74, 6) is -1.24. The highest BCUT2D eigenvalue weighted by atomic mass is 32.2. The van der Waals surface area contributed by atoms with Gasteiger partial charge in [0.2, 0.25) is 0 Å². The van der Waals surface area contributed by atoms with Gasteiger partial charge in [-0.25, -0.2) is 4.72 Å². The first-order chi connectivity index (χ1) is 7.97. The van der Waals surface area contributed by atoms with E-state index in [-0.39, 0.29) is 0 Å². The normalized spacial score (nSPS) is 19.4. The monoisotopic (exact) mass is 264 g/mol. The van der Waals surface area contributed by atoms with E-state index in [0.717, 1.165) is 12.8 Å². The Morgan fingerprint density at radius 2 is 2.00 bits per heavy atom. The Morgan fingerprint density at radius 1 is 1.41 bits per heavy atom. The Bertz CT molecular complexity index is 347. The Morgan fingerprint density at radius 3 is 2.47 bits per heavy atom. The van der Waals surface area contributed by atoms with Gasteiger partial charge in [-0.1, -0.05) is 13.3 Å². The van der Waals surface area contributed by atoms with Gasteiger partial charge in [0.25, 0.3) is 10.2 Å². The Hall–Kier alpha value is -0.660. The number of aliphatic carboxylic acids is 1. The minimum Gasteiger partial charge on any atom is -0.481 e. The summed E-state index contributed by atoms with van der Waals surface area (Å²) < 4.78 is 27.5. The fraction of sp³-hybridized carbons (Fsp3) is 0.900. The maximum atomic E-state index is 11.8. The van der Waals surface area contributed by atoms with Gasteiger partial charge in [-0.3, -0.25) is 4.79 Å². The summed E-state index contributed by atoms with van der Waals surface area (Å²) in [5.41, 5.74) is 0. The molecule has 6 nitrogen and oxygen atoms in total. The number of carboxylic acid groups (broad SMARTS) is 1. The first-order valence-electron chi connectivity index (χ1n) is 5.95. The molecule has 1 heterocycles. The molecule has 17 heavy (non-hydrogen) atoms. The lowest BCUT2D eigenvalue weighted by molar-refractivity contribution is -0.142. The average Bonchev–Trinajstić information content (AvgIpc) is 2.29. The number of piperidine rings is 1. The van der Waals surface area contributed by atoms with E-state index < -0.39 is 22.1 Å². The van der Waals surface area contributed by atoms with Gasteiger partial charge in [0.05, 0.1) is 5.92 Å². The van der Waals surface area contributed by atoms with Crippen LogP contribution < -0.4 is 4.72 Å². The number of nitrogens with zero attached hydrogens (tertiary/aromatic N) is 1. The van der Waals surface area contributed by atoms with Crippen LogP contribution in [0, 0.1) is 5.92 Å². The van der Waals surface area contributed by atoms with Gasteiger partial charge >= 0.3 is 5.97 Å². The molecule has 0 aliphatic carbocycles. The van der Waals surface area contributed by atoms with Crippen molar-refractivity contribution in [3.8, 4) is 0 Å². The SMILES string of the molecule is CCCCNS(=O)(=O)N1CCC(C(=O)O)CC1. The molecule has 1 saturated heterocycles. The van der Waals surface area contributed by atoms with E-state index in [4.69, 9.17) is 5.11 Å². The molecular weight excluding hydrogens is 244 g/mol. The molecule has 0 aromatic heterocycles. The number of rotatable bonds is 6.